The molecular weight excluding hydrogens is 576 g/mol. The van der Waals surface area contributed by atoms with Gasteiger partial charge in [-0.1, -0.05) is 127 Å². The van der Waals surface area contributed by atoms with Gasteiger partial charge < -0.3 is 4.42 Å². The minimum absolute atomic E-state index is 0.575. The van der Waals surface area contributed by atoms with Crippen LogP contribution in [0.25, 0.3) is 89.4 Å². The molecule has 6 aromatic carbocycles. The molecule has 0 saturated heterocycles. The van der Waals surface area contributed by atoms with Gasteiger partial charge in [-0.15, -0.1) is 0 Å². The summed E-state index contributed by atoms with van der Waals surface area (Å²) in [4.78, 5) is 20.3. The fourth-order valence-electron chi connectivity index (χ4n) is 6.24. The van der Waals surface area contributed by atoms with E-state index < -0.39 is 0 Å². The Morgan fingerprint density at radius 2 is 0.872 bits per heavy atom. The zero-order valence-electron chi connectivity index (χ0n) is 25.2. The van der Waals surface area contributed by atoms with Crippen LogP contribution in [0, 0.1) is 0 Å². The minimum atomic E-state index is 0.575. The molecule has 0 radical (unpaired) electrons. The van der Waals surface area contributed by atoms with Gasteiger partial charge in [-0.3, -0.25) is 0 Å². The lowest BCUT2D eigenvalue weighted by atomic mass is 9.97. The first-order valence-electron chi connectivity index (χ1n) is 15.6. The summed E-state index contributed by atoms with van der Waals surface area (Å²) in [5, 5.41) is 1.93. The Kier molecular flexibility index (Phi) is 6.39. The highest BCUT2D eigenvalue weighted by molar-refractivity contribution is 6.10. The van der Waals surface area contributed by atoms with Crippen LogP contribution in [-0.2, 0) is 0 Å². The van der Waals surface area contributed by atoms with Crippen LogP contribution in [0.15, 0.2) is 162 Å². The second-order valence-electron chi connectivity index (χ2n) is 11.5. The Morgan fingerprint density at radius 1 is 0.362 bits per heavy atom. The summed E-state index contributed by atoms with van der Waals surface area (Å²) >= 11 is 0. The zero-order chi connectivity index (χ0) is 31.2. The van der Waals surface area contributed by atoms with Crippen molar-refractivity contribution >= 4 is 33.1 Å². The van der Waals surface area contributed by atoms with Crippen molar-refractivity contribution in [1.82, 2.24) is 19.9 Å². The molecule has 220 valence electrons. The topological polar surface area (TPSA) is 64.7 Å². The first-order chi connectivity index (χ1) is 23.3. The Hall–Kier alpha value is -6.46. The van der Waals surface area contributed by atoms with Gasteiger partial charge in [0.05, 0.1) is 33.5 Å². The molecule has 0 fully saturated rings. The average molecular weight is 603 g/mol. The predicted octanol–water partition coefficient (Wildman–Crippen LogP) is 10.7. The summed E-state index contributed by atoms with van der Waals surface area (Å²) < 4.78 is 6.27. The number of hydrogen-bond donors (Lipinski definition) is 0. The Bertz CT molecular complexity index is 2580. The first-order valence-corrected chi connectivity index (χ1v) is 15.6. The summed E-state index contributed by atoms with van der Waals surface area (Å²) in [6, 6.07) is 53.4. The van der Waals surface area contributed by atoms with Crippen molar-refractivity contribution in [2.24, 2.45) is 0 Å². The number of nitrogens with zero attached hydrogens (tertiary/aromatic N) is 4. The maximum atomic E-state index is 6.27. The summed E-state index contributed by atoms with van der Waals surface area (Å²) in [7, 11) is 0. The summed E-state index contributed by atoms with van der Waals surface area (Å²) in [6.45, 7) is 0. The molecule has 0 saturated carbocycles. The summed E-state index contributed by atoms with van der Waals surface area (Å²) in [6.07, 6.45) is 0. The maximum absolute atomic E-state index is 6.27. The molecule has 5 nitrogen and oxygen atoms in total. The third-order valence-corrected chi connectivity index (χ3v) is 8.49. The number of fused-ring (bicyclic) bond motifs is 4. The van der Waals surface area contributed by atoms with Gasteiger partial charge in [-0.2, -0.15) is 4.98 Å². The number of furan rings is 1. The summed E-state index contributed by atoms with van der Waals surface area (Å²) in [5.41, 5.74) is 11.7. The second-order valence-corrected chi connectivity index (χ2v) is 11.5. The Morgan fingerprint density at radius 3 is 1.57 bits per heavy atom. The standard InChI is InChI=1S/C42H26N4O/c1-3-13-27(14-4-1)38-37-33-21-7-10-24-36(33)47-42(37)46-41(45-38)32-20-12-18-30(26-32)29-17-11-19-31(25-29)40-39(28-15-5-2-6-16-28)43-34-22-8-9-23-35(34)44-40/h1-26H. The molecule has 0 N–H and O–H groups in total. The monoisotopic (exact) mass is 602 g/mol. The van der Waals surface area contributed by atoms with Crippen molar-refractivity contribution in [3.8, 4) is 56.3 Å². The van der Waals surface area contributed by atoms with E-state index in [9.17, 15) is 0 Å². The SMILES string of the molecule is c1ccc(-c2nc3ccccc3nc2-c2cccc(-c3cccc(-c4nc(-c5ccccc5)c5c(n4)oc4ccccc45)c3)c2)cc1. The average Bonchev–Trinajstić information content (AvgIpc) is 3.53. The number of benzene rings is 6. The Labute approximate surface area is 270 Å². The van der Waals surface area contributed by atoms with Crippen LogP contribution in [0.1, 0.15) is 0 Å². The molecular formula is C42H26N4O. The van der Waals surface area contributed by atoms with E-state index in [1.165, 1.54) is 0 Å². The number of rotatable bonds is 5. The van der Waals surface area contributed by atoms with E-state index in [-0.39, 0.29) is 0 Å². The van der Waals surface area contributed by atoms with Crippen molar-refractivity contribution in [1.29, 1.82) is 0 Å². The van der Waals surface area contributed by atoms with E-state index in [0.717, 1.165) is 77.9 Å². The van der Waals surface area contributed by atoms with Crippen molar-refractivity contribution in [3.05, 3.63) is 158 Å². The van der Waals surface area contributed by atoms with Crippen molar-refractivity contribution in [2.75, 3.05) is 0 Å². The van der Waals surface area contributed by atoms with Gasteiger partial charge in [0, 0.05) is 27.6 Å². The van der Waals surface area contributed by atoms with Crippen LogP contribution in [0.4, 0.5) is 0 Å². The molecule has 9 aromatic rings. The van der Waals surface area contributed by atoms with Crippen LogP contribution in [0.3, 0.4) is 0 Å². The molecule has 0 atom stereocenters. The fraction of sp³-hybridized carbons (Fsp3) is 0. The highest BCUT2D eigenvalue weighted by Gasteiger charge is 2.19. The van der Waals surface area contributed by atoms with Gasteiger partial charge in [0.15, 0.2) is 5.82 Å². The molecule has 47 heavy (non-hydrogen) atoms. The molecule has 5 heteroatoms. The van der Waals surface area contributed by atoms with Crippen molar-refractivity contribution in [3.63, 3.8) is 0 Å². The zero-order valence-corrected chi connectivity index (χ0v) is 25.2. The second kappa shape index (κ2) is 11.2. The molecule has 9 rings (SSSR count). The molecule has 0 aliphatic rings. The Balaban J connectivity index is 1.18. The van der Waals surface area contributed by atoms with Gasteiger partial charge in [-0.05, 0) is 41.5 Å². The minimum Gasteiger partial charge on any atom is -0.438 e. The van der Waals surface area contributed by atoms with E-state index in [1.54, 1.807) is 0 Å². The normalized spacial score (nSPS) is 11.4. The van der Waals surface area contributed by atoms with Crippen molar-refractivity contribution in [2.45, 2.75) is 0 Å². The third kappa shape index (κ3) is 4.82. The van der Waals surface area contributed by atoms with Gasteiger partial charge in [-0.25, -0.2) is 15.0 Å². The van der Waals surface area contributed by atoms with Crippen LogP contribution < -0.4 is 0 Å². The number of aromatic nitrogens is 4. The van der Waals surface area contributed by atoms with Gasteiger partial charge >= 0.3 is 0 Å². The lowest BCUT2D eigenvalue weighted by Crippen LogP contribution is -1.96. The lowest BCUT2D eigenvalue weighted by molar-refractivity contribution is 0.653. The predicted molar refractivity (Wildman–Crippen MR) is 190 cm³/mol. The largest absolute Gasteiger partial charge is 0.438 e. The molecule has 0 amide bonds. The molecule has 0 spiro atoms. The number of hydrogen-bond acceptors (Lipinski definition) is 5. The molecule has 0 bridgehead atoms. The van der Waals surface area contributed by atoms with E-state index in [2.05, 4.69) is 72.8 Å². The van der Waals surface area contributed by atoms with Gasteiger partial charge in [0.25, 0.3) is 0 Å². The van der Waals surface area contributed by atoms with E-state index >= 15 is 0 Å². The van der Waals surface area contributed by atoms with Gasteiger partial charge in [0.2, 0.25) is 5.71 Å². The number of para-hydroxylation sites is 3. The highest BCUT2D eigenvalue weighted by atomic mass is 16.3. The lowest BCUT2D eigenvalue weighted by Gasteiger charge is -2.12. The molecule has 0 aliphatic heterocycles. The fourth-order valence-corrected chi connectivity index (χ4v) is 6.24. The quantitative estimate of drug-likeness (QED) is 0.196. The van der Waals surface area contributed by atoms with Gasteiger partial charge in [0.1, 0.15) is 5.58 Å². The van der Waals surface area contributed by atoms with Crippen molar-refractivity contribution < 1.29 is 4.42 Å². The van der Waals surface area contributed by atoms with Crippen LogP contribution >= 0.6 is 0 Å². The van der Waals surface area contributed by atoms with Crippen LogP contribution in [0.5, 0.6) is 0 Å². The maximum Gasteiger partial charge on any atom is 0.231 e. The molecule has 0 unspecified atom stereocenters. The van der Waals surface area contributed by atoms with E-state index in [4.69, 9.17) is 24.4 Å². The van der Waals surface area contributed by atoms with Crippen LogP contribution in [-0.4, -0.2) is 19.9 Å². The molecule has 0 aliphatic carbocycles. The molecule has 3 aromatic heterocycles. The van der Waals surface area contributed by atoms with E-state index in [0.29, 0.717) is 11.5 Å². The third-order valence-electron chi connectivity index (χ3n) is 8.49. The summed E-state index contributed by atoms with van der Waals surface area (Å²) in [5.74, 6) is 0.611. The first kappa shape index (κ1) is 26.9. The van der Waals surface area contributed by atoms with E-state index in [1.807, 2.05) is 84.9 Å². The smallest absolute Gasteiger partial charge is 0.231 e. The molecule has 3 heterocycles. The highest BCUT2D eigenvalue weighted by Crippen LogP contribution is 2.37. The van der Waals surface area contributed by atoms with Crippen LogP contribution in [0.2, 0.25) is 0 Å².